The highest BCUT2D eigenvalue weighted by molar-refractivity contribution is 6.30. The lowest BCUT2D eigenvalue weighted by molar-refractivity contribution is -0.132. The van der Waals surface area contributed by atoms with Gasteiger partial charge in [0.2, 0.25) is 11.8 Å². The predicted octanol–water partition coefficient (Wildman–Crippen LogP) is 3.37. The van der Waals surface area contributed by atoms with E-state index in [1.807, 2.05) is 54.6 Å². The number of halogens is 1. The van der Waals surface area contributed by atoms with Gasteiger partial charge in [0.1, 0.15) is 0 Å². The Morgan fingerprint density at radius 1 is 1.03 bits per heavy atom. The van der Waals surface area contributed by atoms with Gasteiger partial charge in [-0.1, -0.05) is 41.9 Å². The van der Waals surface area contributed by atoms with Gasteiger partial charge in [-0.25, -0.2) is 0 Å². The SMILES string of the molecule is O=C(/C=C/c1cccc2cccnc12)NCC(=O)N1CCN(c2cccc(Cl)c2)CC1. The van der Waals surface area contributed by atoms with Gasteiger partial charge in [0.15, 0.2) is 0 Å². The summed E-state index contributed by atoms with van der Waals surface area (Å²) in [7, 11) is 0. The summed E-state index contributed by atoms with van der Waals surface area (Å²) in [5.41, 5.74) is 2.75. The monoisotopic (exact) mass is 434 g/mol. The lowest BCUT2D eigenvalue weighted by atomic mass is 10.1. The first-order valence-corrected chi connectivity index (χ1v) is 10.6. The minimum absolute atomic E-state index is 0.0197. The van der Waals surface area contributed by atoms with E-state index >= 15 is 0 Å². The van der Waals surface area contributed by atoms with Crippen LogP contribution in [0, 0.1) is 0 Å². The summed E-state index contributed by atoms with van der Waals surface area (Å²) in [6.07, 6.45) is 4.89. The van der Waals surface area contributed by atoms with Crippen molar-refractivity contribution in [2.75, 3.05) is 37.6 Å². The van der Waals surface area contributed by atoms with E-state index in [0.717, 1.165) is 35.2 Å². The summed E-state index contributed by atoms with van der Waals surface area (Å²) in [5, 5.41) is 4.39. The minimum atomic E-state index is -0.307. The molecule has 4 rings (SSSR count). The molecule has 0 atom stereocenters. The number of benzene rings is 2. The lowest BCUT2D eigenvalue weighted by Crippen LogP contribution is -2.51. The van der Waals surface area contributed by atoms with Crippen molar-refractivity contribution >= 4 is 46.1 Å². The van der Waals surface area contributed by atoms with Crippen LogP contribution in [-0.2, 0) is 9.59 Å². The number of carbonyl (C=O) groups excluding carboxylic acids is 2. The van der Waals surface area contributed by atoms with Gasteiger partial charge in [0.25, 0.3) is 0 Å². The number of carbonyl (C=O) groups is 2. The Labute approximate surface area is 186 Å². The van der Waals surface area contributed by atoms with Crippen molar-refractivity contribution in [3.63, 3.8) is 0 Å². The molecule has 0 radical (unpaired) electrons. The Morgan fingerprint density at radius 3 is 2.61 bits per heavy atom. The molecule has 0 saturated carbocycles. The smallest absolute Gasteiger partial charge is 0.244 e. The summed E-state index contributed by atoms with van der Waals surface area (Å²) in [6.45, 7) is 2.66. The molecule has 31 heavy (non-hydrogen) atoms. The zero-order chi connectivity index (χ0) is 21.6. The van der Waals surface area contributed by atoms with E-state index in [1.165, 1.54) is 6.08 Å². The topological polar surface area (TPSA) is 65.5 Å². The molecule has 0 unspecified atom stereocenters. The maximum absolute atomic E-state index is 12.5. The number of amides is 2. The van der Waals surface area contributed by atoms with Gasteiger partial charge in [0, 0.05) is 60.1 Å². The van der Waals surface area contributed by atoms with Gasteiger partial charge in [-0.05, 0) is 30.3 Å². The van der Waals surface area contributed by atoms with Crippen molar-refractivity contribution < 1.29 is 9.59 Å². The van der Waals surface area contributed by atoms with Crippen LogP contribution in [0.15, 0.2) is 66.9 Å². The summed E-state index contributed by atoms with van der Waals surface area (Å²) in [6, 6.07) is 17.4. The van der Waals surface area contributed by atoms with Crippen molar-refractivity contribution in [2.24, 2.45) is 0 Å². The number of nitrogens with one attached hydrogen (secondary N) is 1. The number of fused-ring (bicyclic) bond motifs is 1. The average molecular weight is 435 g/mol. The van der Waals surface area contributed by atoms with Crippen LogP contribution in [0.4, 0.5) is 5.69 Å². The third kappa shape index (κ3) is 5.22. The van der Waals surface area contributed by atoms with Crippen LogP contribution in [0.1, 0.15) is 5.56 Å². The van der Waals surface area contributed by atoms with Crippen molar-refractivity contribution in [1.29, 1.82) is 0 Å². The predicted molar refractivity (Wildman–Crippen MR) is 124 cm³/mol. The highest BCUT2D eigenvalue weighted by Crippen LogP contribution is 2.21. The number of nitrogens with zero attached hydrogens (tertiary/aromatic N) is 3. The van der Waals surface area contributed by atoms with Gasteiger partial charge >= 0.3 is 0 Å². The third-order valence-corrected chi connectivity index (χ3v) is 5.53. The number of rotatable bonds is 5. The summed E-state index contributed by atoms with van der Waals surface area (Å²) >= 11 is 6.07. The Balaban J connectivity index is 1.27. The molecule has 1 aliphatic heterocycles. The summed E-state index contributed by atoms with van der Waals surface area (Å²) in [4.78, 5) is 33.0. The van der Waals surface area contributed by atoms with Gasteiger partial charge in [-0.3, -0.25) is 14.6 Å². The van der Waals surface area contributed by atoms with Crippen molar-refractivity contribution in [3.8, 4) is 0 Å². The Bertz CT molecular complexity index is 1120. The van der Waals surface area contributed by atoms with Crippen LogP contribution in [0.5, 0.6) is 0 Å². The molecule has 0 bridgehead atoms. The average Bonchev–Trinajstić information content (AvgIpc) is 2.81. The molecule has 2 aromatic carbocycles. The van der Waals surface area contributed by atoms with Crippen LogP contribution in [-0.4, -0.2) is 54.4 Å². The number of hydrogen-bond donors (Lipinski definition) is 1. The first-order chi connectivity index (χ1) is 15.1. The highest BCUT2D eigenvalue weighted by atomic mass is 35.5. The molecule has 0 spiro atoms. The molecule has 2 heterocycles. The lowest BCUT2D eigenvalue weighted by Gasteiger charge is -2.36. The molecule has 1 aliphatic rings. The Morgan fingerprint density at radius 2 is 1.81 bits per heavy atom. The fourth-order valence-corrected chi connectivity index (χ4v) is 3.83. The number of piperazine rings is 1. The van der Waals surface area contributed by atoms with Gasteiger partial charge in [-0.15, -0.1) is 0 Å². The molecule has 7 heteroatoms. The molecule has 6 nitrogen and oxygen atoms in total. The van der Waals surface area contributed by atoms with Gasteiger partial charge in [-0.2, -0.15) is 0 Å². The highest BCUT2D eigenvalue weighted by Gasteiger charge is 2.21. The van der Waals surface area contributed by atoms with E-state index in [4.69, 9.17) is 11.6 Å². The zero-order valence-electron chi connectivity index (χ0n) is 17.0. The van der Waals surface area contributed by atoms with Crippen LogP contribution in [0.3, 0.4) is 0 Å². The van der Waals surface area contributed by atoms with E-state index in [-0.39, 0.29) is 18.4 Å². The number of anilines is 1. The molecule has 1 aromatic heterocycles. The molecule has 1 N–H and O–H groups in total. The van der Waals surface area contributed by atoms with Crippen LogP contribution in [0.25, 0.3) is 17.0 Å². The first-order valence-electron chi connectivity index (χ1n) is 10.2. The third-order valence-electron chi connectivity index (χ3n) is 5.30. The van der Waals surface area contributed by atoms with E-state index in [0.29, 0.717) is 18.1 Å². The molecular weight excluding hydrogens is 412 g/mol. The van der Waals surface area contributed by atoms with Crippen LogP contribution < -0.4 is 10.2 Å². The number of hydrogen-bond acceptors (Lipinski definition) is 4. The number of aromatic nitrogens is 1. The van der Waals surface area contributed by atoms with Crippen molar-refractivity contribution in [1.82, 2.24) is 15.2 Å². The van der Waals surface area contributed by atoms with Crippen molar-refractivity contribution in [2.45, 2.75) is 0 Å². The molecule has 0 aliphatic carbocycles. The summed E-state index contributed by atoms with van der Waals surface area (Å²) < 4.78 is 0. The standard InChI is InChI=1S/C24H23ClN4O2/c25-20-7-2-8-21(16-20)28-12-14-29(15-13-28)23(31)17-27-22(30)10-9-19-5-1-4-18-6-3-11-26-24(18)19/h1-11,16H,12-15,17H2,(H,27,30)/b10-9+. The van der Waals surface area contributed by atoms with Crippen LogP contribution in [0.2, 0.25) is 5.02 Å². The quantitative estimate of drug-likeness (QED) is 0.625. The fourth-order valence-electron chi connectivity index (χ4n) is 3.65. The molecule has 2 amide bonds. The molecule has 1 fully saturated rings. The molecular formula is C24H23ClN4O2. The largest absolute Gasteiger partial charge is 0.368 e. The van der Waals surface area contributed by atoms with E-state index in [2.05, 4.69) is 15.2 Å². The maximum Gasteiger partial charge on any atom is 0.244 e. The maximum atomic E-state index is 12.5. The second-order valence-corrected chi connectivity index (χ2v) is 7.76. The van der Waals surface area contributed by atoms with E-state index in [9.17, 15) is 9.59 Å². The van der Waals surface area contributed by atoms with Crippen LogP contribution >= 0.6 is 11.6 Å². The number of para-hydroxylation sites is 1. The van der Waals surface area contributed by atoms with E-state index in [1.54, 1.807) is 17.2 Å². The minimum Gasteiger partial charge on any atom is -0.368 e. The fraction of sp³-hybridized carbons (Fsp3) is 0.208. The van der Waals surface area contributed by atoms with Gasteiger partial charge < -0.3 is 15.1 Å². The molecule has 158 valence electrons. The number of pyridine rings is 1. The molecule has 3 aromatic rings. The second kappa shape index (κ2) is 9.62. The van der Waals surface area contributed by atoms with Crippen molar-refractivity contribution in [3.05, 3.63) is 77.5 Å². The summed E-state index contributed by atoms with van der Waals surface area (Å²) in [5.74, 6) is -0.391. The Hall–Kier alpha value is -3.38. The second-order valence-electron chi connectivity index (χ2n) is 7.32. The zero-order valence-corrected chi connectivity index (χ0v) is 17.8. The Kier molecular flexibility index (Phi) is 6.48. The van der Waals surface area contributed by atoms with E-state index < -0.39 is 0 Å². The first kappa shape index (κ1) is 20.9. The van der Waals surface area contributed by atoms with Gasteiger partial charge in [0.05, 0.1) is 12.1 Å². The molecule has 1 saturated heterocycles. The normalized spacial score (nSPS) is 14.2.